The van der Waals surface area contributed by atoms with Crippen LogP contribution in [0.4, 0.5) is 0 Å². The quantitative estimate of drug-likeness (QED) is 0.624. The van der Waals surface area contributed by atoms with Crippen molar-refractivity contribution in [2.75, 3.05) is 0 Å². The molecule has 0 saturated carbocycles. The number of carbonyl (C=O) groups is 1. The second-order valence-electron chi connectivity index (χ2n) is 5.35. The van der Waals surface area contributed by atoms with Crippen molar-refractivity contribution in [1.29, 1.82) is 0 Å². The van der Waals surface area contributed by atoms with E-state index in [2.05, 4.69) is 9.97 Å². The number of aromatic carboxylic acids is 1. The number of pyridine rings is 1. The summed E-state index contributed by atoms with van der Waals surface area (Å²) in [4.78, 5) is 20.6. The molecule has 2 aromatic heterocycles. The van der Waals surface area contributed by atoms with Gasteiger partial charge >= 0.3 is 5.97 Å². The second kappa shape index (κ2) is 5.62. The number of nitrogens with zero attached hydrogens (tertiary/aromatic N) is 3. The minimum atomic E-state index is -1.02. The molecule has 0 spiro atoms. The van der Waals surface area contributed by atoms with Crippen LogP contribution in [-0.2, 0) is 0 Å². The van der Waals surface area contributed by atoms with Crippen LogP contribution in [0.25, 0.3) is 28.1 Å². The van der Waals surface area contributed by atoms with E-state index < -0.39 is 5.97 Å². The van der Waals surface area contributed by atoms with Gasteiger partial charge in [-0.3, -0.25) is 4.57 Å². The Morgan fingerprint density at radius 2 is 1.62 bits per heavy atom. The Hall–Kier alpha value is -3.47. The van der Waals surface area contributed by atoms with Gasteiger partial charge in [-0.25, -0.2) is 14.8 Å². The molecule has 0 aliphatic rings. The molecule has 0 bridgehead atoms. The lowest BCUT2D eigenvalue weighted by atomic mass is 10.1. The molecule has 5 nitrogen and oxygen atoms in total. The van der Waals surface area contributed by atoms with Gasteiger partial charge in [0.1, 0.15) is 11.8 Å². The van der Waals surface area contributed by atoms with Crippen molar-refractivity contribution in [2.24, 2.45) is 0 Å². The first kappa shape index (κ1) is 14.1. The highest BCUT2D eigenvalue weighted by atomic mass is 16.4. The molecule has 2 heterocycles. The zero-order valence-corrected chi connectivity index (χ0v) is 12.6. The smallest absolute Gasteiger partial charge is 0.338 e. The van der Waals surface area contributed by atoms with Gasteiger partial charge in [-0.1, -0.05) is 48.5 Å². The maximum absolute atomic E-state index is 11.7. The number of fused-ring (bicyclic) bond motifs is 1. The monoisotopic (exact) mass is 315 g/mol. The molecule has 0 aliphatic carbocycles. The molecular weight excluding hydrogens is 302 g/mol. The van der Waals surface area contributed by atoms with Gasteiger partial charge in [-0.2, -0.15) is 0 Å². The fourth-order valence-corrected chi connectivity index (χ4v) is 2.69. The first-order chi connectivity index (χ1) is 11.7. The Bertz CT molecular complexity index is 1020. The van der Waals surface area contributed by atoms with E-state index in [1.165, 1.54) is 0 Å². The summed E-state index contributed by atoms with van der Waals surface area (Å²) < 4.78 is 1.80. The molecule has 0 unspecified atom stereocenters. The average molecular weight is 315 g/mol. The molecule has 0 atom stereocenters. The van der Waals surface area contributed by atoms with Gasteiger partial charge in [0, 0.05) is 11.3 Å². The summed E-state index contributed by atoms with van der Waals surface area (Å²) >= 11 is 0. The Labute approximate surface area is 137 Å². The Morgan fingerprint density at radius 3 is 2.29 bits per heavy atom. The van der Waals surface area contributed by atoms with Crippen molar-refractivity contribution >= 4 is 17.1 Å². The molecule has 116 valence electrons. The minimum absolute atomic E-state index is 0.147. The lowest BCUT2D eigenvalue weighted by Gasteiger charge is -2.07. The van der Waals surface area contributed by atoms with E-state index >= 15 is 0 Å². The van der Waals surface area contributed by atoms with Crippen LogP contribution in [0.3, 0.4) is 0 Å². The largest absolute Gasteiger partial charge is 0.478 e. The lowest BCUT2D eigenvalue weighted by molar-refractivity contribution is 0.0699. The molecule has 4 rings (SSSR count). The summed E-state index contributed by atoms with van der Waals surface area (Å²) in [6, 6.07) is 20.7. The van der Waals surface area contributed by atoms with Crippen molar-refractivity contribution in [3.63, 3.8) is 0 Å². The van der Waals surface area contributed by atoms with Crippen LogP contribution in [0.2, 0.25) is 0 Å². The van der Waals surface area contributed by atoms with Crippen molar-refractivity contribution in [3.8, 4) is 16.9 Å². The van der Waals surface area contributed by atoms with E-state index in [-0.39, 0.29) is 5.56 Å². The van der Waals surface area contributed by atoms with Gasteiger partial charge in [0.2, 0.25) is 0 Å². The fraction of sp³-hybridized carbons (Fsp3) is 0. The zero-order chi connectivity index (χ0) is 16.5. The Kier molecular flexibility index (Phi) is 3.31. The molecule has 2 aromatic carbocycles. The number of aromatic nitrogens is 3. The molecule has 1 N–H and O–H groups in total. The van der Waals surface area contributed by atoms with Gasteiger partial charge in [0.15, 0.2) is 5.65 Å². The molecule has 0 radical (unpaired) electrons. The molecule has 0 fully saturated rings. The molecule has 4 aromatic rings. The highest BCUT2D eigenvalue weighted by Crippen LogP contribution is 2.25. The fourth-order valence-electron chi connectivity index (χ4n) is 2.69. The van der Waals surface area contributed by atoms with E-state index in [1.54, 1.807) is 17.0 Å². The zero-order valence-electron chi connectivity index (χ0n) is 12.6. The van der Waals surface area contributed by atoms with E-state index in [1.807, 2.05) is 60.7 Å². The molecule has 0 saturated heterocycles. The molecule has 5 heteroatoms. The lowest BCUT2D eigenvalue weighted by Crippen LogP contribution is -2.02. The maximum atomic E-state index is 11.7. The van der Waals surface area contributed by atoms with Crippen LogP contribution in [-0.4, -0.2) is 25.6 Å². The van der Waals surface area contributed by atoms with E-state index in [0.717, 1.165) is 11.3 Å². The van der Waals surface area contributed by atoms with Gasteiger partial charge < -0.3 is 5.11 Å². The topological polar surface area (TPSA) is 68.0 Å². The number of hydrogen-bond acceptors (Lipinski definition) is 3. The van der Waals surface area contributed by atoms with Crippen molar-refractivity contribution < 1.29 is 9.90 Å². The van der Waals surface area contributed by atoms with Crippen LogP contribution < -0.4 is 0 Å². The normalized spacial score (nSPS) is 10.8. The van der Waals surface area contributed by atoms with Crippen molar-refractivity contribution in [2.45, 2.75) is 0 Å². The number of hydrogen-bond donors (Lipinski definition) is 1. The summed E-state index contributed by atoms with van der Waals surface area (Å²) in [7, 11) is 0. The minimum Gasteiger partial charge on any atom is -0.478 e. The predicted molar refractivity (Wildman–Crippen MR) is 91.3 cm³/mol. The van der Waals surface area contributed by atoms with Crippen LogP contribution in [0.15, 0.2) is 73.1 Å². The first-order valence-corrected chi connectivity index (χ1v) is 7.46. The third kappa shape index (κ3) is 2.32. The Morgan fingerprint density at radius 1 is 0.958 bits per heavy atom. The predicted octanol–water partition coefficient (Wildman–Crippen LogP) is 3.79. The third-order valence-electron chi connectivity index (χ3n) is 3.84. The summed E-state index contributed by atoms with van der Waals surface area (Å²) in [5, 5.41) is 9.56. The molecular formula is C19H13N3O2. The van der Waals surface area contributed by atoms with E-state index in [4.69, 9.17) is 0 Å². The van der Waals surface area contributed by atoms with Gasteiger partial charge in [-0.05, 0) is 18.2 Å². The average Bonchev–Trinajstić information content (AvgIpc) is 3.06. The first-order valence-electron chi connectivity index (χ1n) is 7.46. The van der Waals surface area contributed by atoms with Crippen LogP contribution in [0.1, 0.15) is 10.4 Å². The van der Waals surface area contributed by atoms with Crippen LogP contribution >= 0.6 is 0 Å². The highest BCUT2D eigenvalue weighted by Gasteiger charge is 2.17. The van der Waals surface area contributed by atoms with Gasteiger partial charge in [-0.15, -0.1) is 0 Å². The summed E-state index contributed by atoms with van der Waals surface area (Å²) in [6.45, 7) is 0. The van der Waals surface area contributed by atoms with Crippen molar-refractivity contribution in [1.82, 2.24) is 14.5 Å². The number of imidazole rings is 1. The number of carboxylic acids is 1. The standard InChI is InChI=1S/C19H13N3O2/c23-19(24)15-11-16(13-7-3-1-4-8-13)21-18-17(15)20-12-22(18)14-9-5-2-6-10-14/h1-12H,(H,23,24). The van der Waals surface area contributed by atoms with Gasteiger partial charge in [0.25, 0.3) is 0 Å². The summed E-state index contributed by atoms with van der Waals surface area (Å²) in [5.41, 5.74) is 3.41. The number of carboxylic acid groups (broad SMARTS) is 1. The molecule has 0 aliphatic heterocycles. The van der Waals surface area contributed by atoms with Gasteiger partial charge in [0.05, 0.1) is 11.3 Å². The summed E-state index contributed by atoms with van der Waals surface area (Å²) in [5.74, 6) is -1.02. The molecule has 0 amide bonds. The van der Waals surface area contributed by atoms with Crippen LogP contribution in [0, 0.1) is 0 Å². The highest BCUT2D eigenvalue weighted by molar-refractivity contribution is 6.01. The summed E-state index contributed by atoms with van der Waals surface area (Å²) in [6.07, 6.45) is 1.61. The van der Waals surface area contributed by atoms with E-state index in [9.17, 15) is 9.90 Å². The maximum Gasteiger partial charge on any atom is 0.338 e. The third-order valence-corrected chi connectivity index (χ3v) is 3.84. The SMILES string of the molecule is O=C(O)c1cc(-c2ccccc2)nc2c1ncn2-c1ccccc1. The Balaban J connectivity index is 2.02. The number of para-hydroxylation sites is 1. The molecule has 24 heavy (non-hydrogen) atoms. The van der Waals surface area contributed by atoms with Crippen molar-refractivity contribution in [3.05, 3.63) is 78.6 Å². The second-order valence-corrected chi connectivity index (χ2v) is 5.35. The number of rotatable bonds is 3. The van der Waals surface area contributed by atoms with Crippen LogP contribution in [0.5, 0.6) is 0 Å². The number of benzene rings is 2. The van der Waals surface area contributed by atoms with E-state index in [0.29, 0.717) is 16.9 Å².